The topological polar surface area (TPSA) is 90.0 Å². The maximum absolute atomic E-state index is 12.8. The molecule has 2 aromatic rings. The Hall–Kier alpha value is -2.92. The zero-order chi connectivity index (χ0) is 23.3. The molecule has 0 bridgehead atoms. The van der Waals surface area contributed by atoms with Gasteiger partial charge in [0.1, 0.15) is 0 Å². The molecule has 1 aliphatic rings. The van der Waals surface area contributed by atoms with Crippen LogP contribution in [-0.4, -0.2) is 56.6 Å². The van der Waals surface area contributed by atoms with Crippen molar-refractivity contribution >= 4 is 28.8 Å². The Morgan fingerprint density at radius 2 is 1.53 bits per heavy atom. The number of hydrogen-bond donors (Lipinski definition) is 2. The number of alkyl halides is 3. The fraction of sp³-hybridized carbons (Fsp3) is 0.333. The molecule has 0 radical (unpaired) electrons. The first-order chi connectivity index (χ1) is 15.1. The lowest BCUT2D eigenvalue weighted by atomic mass is 10.1. The normalized spacial score (nSPS) is 15.8. The summed E-state index contributed by atoms with van der Waals surface area (Å²) < 4.78 is 60.0. The van der Waals surface area contributed by atoms with E-state index in [0.29, 0.717) is 49.4 Å². The molecule has 0 saturated carbocycles. The molecular formula is C21H22F3N3O4S. The third-order valence-corrected chi connectivity index (χ3v) is 5.52. The Kier molecular flexibility index (Phi) is 7.52. The van der Waals surface area contributed by atoms with Crippen LogP contribution in [0.5, 0.6) is 0 Å². The van der Waals surface area contributed by atoms with Gasteiger partial charge < -0.3 is 9.80 Å². The molecular weight excluding hydrogens is 447 g/mol. The van der Waals surface area contributed by atoms with Crippen LogP contribution in [0.15, 0.2) is 48.5 Å². The number of amides is 2. The molecule has 1 fully saturated rings. The van der Waals surface area contributed by atoms with E-state index in [0.717, 1.165) is 12.1 Å². The third kappa shape index (κ3) is 6.30. The largest absolute Gasteiger partial charge is 0.416 e. The number of nitrogens with zero attached hydrogens (tertiary/aromatic N) is 2. The van der Waals surface area contributed by atoms with Gasteiger partial charge in [0.25, 0.3) is 17.2 Å². The molecule has 11 heteroatoms. The molecule has 172 valence electrons. The van der Waals surface area contributed by atoms with E-state index >= 15 is 0 Å². The third-order valence-electron chi connectivity index (χ3n) is 5.11. The van der Waals surface area contributed by atoms with Gasteiger partial charge in [-0.2, -0.15) is 13.2 Å². The van der Waals surface area contributed by atoms with Gasteiger partial charge in [0.2, 0.25) is 5.91 Å². The summed E-state index contributed by atoms with van der Waals surface area (Å²) in [5.74, 6) is -0.412. The minimum atomic E-state index is -4.42. The lowest BCUT2D eigenvalue weighted by molar-refractivity contribution is -0.137. The van der Waals surface area contributed by atoms with Crippen molar-refractivity contribution in [3.05, 3.63) is 65.2 Å². The van der Waals surface area contributed by atoms with Gasteiger partial charge in [0.15, 0.2) is 0 Å². The fourth-order valence-electron chi connectivity index (χ4n) is 3.43. The molecule has 0 aromatic heterocycles. The number of hydrogen-bond acceptors (Lipinski definition) is 3. The molecule has 1 aliphatic heterocycles. The fourth-order valence-corrected chi connectivity index (χ4v) is 3.77. The van der Waals surface area contributed by atoms with Crippen molar-refractivity contribution in [2.45, 2.75) is 19.0 Å². The number of nitrogens with one attached hydrogen (secondary N) is 1. The smallest absolute Gasteiger partial charge is 0.341 e. The van der Waals surface area contributed by atoms with Gasteiger partial charge in [-0.25, -0.2) is 4.21 Å². The van der Waals surface area contributed by atoms with Gasteiger partial charge in [-0.1, -0.05) is 12.1 Å². The molecule has 1 saturated heterocycles. The number of rotatable bonds is 5. The van der Waals surface area contributed by atoms with E-state index in [1.165, 1.54) is 24.3 Å². The van der Waals surface area contributed by atoms with Crippen LogP contribution in [0.25, 0.3) is 0 Å². The van der Waals surface area contributed by atoms with Crippen LogP contribution in [-0.2, 0) is 28.7 Å². The van der Waals surface area contributed by atoms with E-state index in [-0.39, 0.29) is 18.2 Å². The SMILES string of the molecule is O=C(Cc1ccc(C(F)(F)F)cc1)N1CCCN(C(=O)c2ccc(NS(=O)O)cc2)CC1. The standard InChI is InChI=1S/C21H22F3N3O4S/c22-21(23,24)17-6-2-15(3-7-17)14-19(28)26-10-1-11-27(13-12-26)20(29)16-4-8-18(9-5-16)25-32(30)31/h2-9,25H,1,10-14H2,(H,30,31). The predicted molar refractivity (Wildman–Crippen MR) is 113 cm³/mol. The van der Waals surface area contributed by atoms with Crippen molar-refractivity contribution in [3.63, 3.8) is 0 Å². The van der Waals surface area contributed by atoms with Crippen molar-refractivity contribution in [2.24, 2.45) is 0 Å². The summed E-state index contributed by atoms with van der Waals surface area (Å²) in [7, 11) is 0. The highest BCUT2D eigenvalue weighted by molar-refractivity contribution is 7.80. The van der Waals surface area contributed by atoms with Crippen molar-refractivity contribution in [1.29, 1.82) is 0 Å². The highest BCUT2D eigenvalue weighted by atomic mass is 32.2. The molecule has 7 nitrogen and oxygen atoms in total. The van der Waals surface area contributed by atoms with E-state index in [1.54, 1.807) is 21.9 Å². The summed E-state index contributed by atoms with van der Waals surface area (Å²) in [6.07, 6.45) is -3.85. The number of halogens is 3. The van der Waals surface area contributed by atoms with Crippen LogP contribution >= 0.6 is 0 Å². The minimum absolute atomic E-state index is 0.00717. The second kappa shape index (κ2) is 10.1. The van der Waals surface area contributed by atoms with Crippen LogP contribution in [0.2, 0.25) is 0 Å². The van der Waals surface area contributed by atoms with E-state index in [4.69, 9.17) is 4.55 Å². The first-order valence-electron chi connectivity index (χ1n) is 9.84. The maximum atomic E-state index is 12.8. The summed E-state index contributed by atoms with van der Waals surface area (Å²) in [6.45, 7) is 1.57. The van der Waals surface area contributed by atoms with Gasteiger partial charge in [-0.3, -0.25) is 18.9 Å². The molecule has 2 amide bonds. The summed E-state index contributed by atoms with van der Waals surface area (Å²) in [4.78, 5) is 28.6. The van der Waals surface area contributed by atoms with Crippen LogP contribution in [0.1, 0.15) is 27.9 Å². The molecule has 1 unspecified atom stereocenters. The van der Waals surface area contributed by atoms with Crippen molar-refractivity contribution in [3.8, 4) is 0 Å². The van der Waals surface area contributed by atoms with Gasteiger partial charge in [0.05, 0.1) is 12.0 Å². The lowest BCUT2D eigenvalue weighted by Crippen LogP contribution is -2.38. The van der Waals surface area contributed by atoms with E-state index in [9.17, 15) is 27.0 Å². The molecule has 2 aromatic carbocycles. The number of benzene rings is 2. The molecule has 32 heavy (non-hydrogen) atoms. The summed E-state index contributed by atoms with van der Waals surface area (Å²) in [5, 5.41) is 0. The van der Waals surface area contributed by atoms with Crippen molar-refractivity contribution < 1.29 is 31.5 Å². The number of carbonyl (C=O) groups excluding carboxylic acids is 2. The van der Waals surface area contributed by atoms with E-state index < -0.39 is 23.0 Å². The first kappa shape index (κ1) is 23.7. The molecule has 0 spiro atoms. The summed E-state index contributed by atoms with van der Waals surface area (Å²) >= 11 is -2.20. The van der Waals surface area contributed by atoms with Gasteiger partial charge in [-0.05, 0) is 48.4 Å². The van der Waals surface area contributed by atoms with Crippen molar-refractivity contribution in [1.82, 2.24) is 9.80 Å². The Balaban J connectivity index is 1.56. The average molecular weight is 469 g/mol. The molecule has 1 heterocycles. The first-order valence-corrected chi connectivity index (χ1v) is 10.9. The summed E-state index contributed by atoms with van der Waals surface area (Å²) in [5.41, 5.74) is 0.561. The van der Waals surface area contributed by atoms with Crippen LogP contribution in [0.3, 0.4) is 0 Å². The van der Waals surface area contributed by atoms with E-state index in [1.807, 2.05) is 0 Å². The van der Waals surface area contributed by atoms with Gasteiger partial charge in [0, 0.05) is 37.4 Å². The molecule has 2 N–H and O–H groups in total. The summed E-state index contributed by atoms with van der Waals surface area (Å²) in [6, 6.07) is 10.7. The molecule has 1 atom stereocenters. The Morgan fingerprint density at radius 1 is 0.938 bits per heavy atom. The monoisotopic (exact) mass is 469 g/mol. The van der Waals surface area contributed by atoms with Gasteiger partial charge >= 0.3 is 6.18 Å². The molecule has 3 rings (SSSR count). The highest BCUT2D eigenvalue weighted by Gasteiger charge is 2.30. The number of carbonyl (C=O) groups is 2. The van der Waals surface area contributed by atoms with Crippen LogP contribution in [0, 0.1) is 0 Å². The number of anilines is 1. The maximum Gasteiger partial charge on any atom is 0.416 e. The Morgan fingerprint density at radius 3 is 2.12 bits per heavy atom. The zero-order valence-corrected chi connectivity index (χ0v) is 17.8. The Labute approximate surface area is 185 Å². The minimum Gasteiger partial charge on any atom is -0.341 e. The Bertz CT molecular complexity index is 981. The molecule has 0 aliphatic carbocycles. The second-order valence-electron chi connectivity index (χ2n) is 7.33. The highest BCUT2D eigenvalue weighted by Crippen LogP contribution is 2.29. The quantitative estimate of drug-likeness (QED) is 0.659. The van der Waals surface area contributed by atoms with Crippen LogP contribution < -0.4 is 4.72 Å². The zero-order valence-electron chi connectivity index (χ0n) is 17.0. The second-order valence-corrected chi connectivity index (χ2v) is 8.03. The van der Waals surface area contributed by atoms with E-state index in [2.05, 4.69) is 4.72 Å². The van der Waals surface area contributed by atoms with Crippen molar-refractivity contribution in [2.75, 3.05) is 30.9 Å². The van der Waals surface area contributed by atoms with Gasteiger partial charge in [-0.15, -0.1) is 0 Å². The average Bonchev–Trinajstić information content (AvgIpc) is 2.99. The van der Waals surface area contributed by atoms with Crippen LogP contribution in [0.4, 0.5) is 18.9 Å². The lowest BCUT2D eigenvalue weighted by Gasteiger charge is -2.22. The predicted octanol–water partition coefficient (Wildman–Crippen LogP) is 3.17.